The van der Waals surface area contributed by atoms with Crippen molar-refractivity contribution in [2.45, 2.75) is 32.2 Å². The highest BCUT2D eigenvalue weighted by molar-refractivity contribution is 6.31. The van der Waals surface area contributed by atoms with E-state index in [1.54, 1.807) is 41.8 Å². The molecule has 0 saturated carbocycles. The first-order valence-corrected chi connectivity index (χ1v) is 10.0. The van der Waals surface area contributed by atoms with Crippen LogP contribution in [0.1, 0.15) is 41.9 Å². The molecule has 0 aliphatic rings. The molecule has 0 aliphatic carbocycles. The lowest BCUT2D eigenvalue weighted by atomic mass is 9.75. The smallest absolute Gasteiger partial charge is 0.325 e. The summed E-state index contributed by atoms with van der Waals surface area (Å²) in [4.78, 5) is 38.2. The first-order chi connectivity index (χ1) is 14.2. The van der Waals surface area contributed by atoms with Crippen LogP contribution in [0.15, 0.2) is 42.5 Å². The molecule has 0 aliphatic heterocycles. The fourth-order valence-corrected chi connectivity index (χ4v) is 4.13. The third kappa shape index (κ3) is 3.26. The maximum absolute atomic E-state index is 13.5. The summed E-state index contributed by atoms with van der Waals surface area (Å²) in [5, 5.41) is 21.2. The average Bonchev–Trinajstić information content (AvgIpc) is 3.02. The van der Waals surface area contributed by atoms with E-state index in [1.165, 1.54) is 19.1 Å². The second kappa shape index (κ2) is 8.13. The minimum Gasteiger partial charge on any atom is -0.480 e. The molecule has 1 aromatic heterocycles. The molecule has 2 aromatic carbocycles. The molecule has 156 valence electrons. The first kappa shape index (κ1) is 21.9. The van der Waals surface area contributed by atoms with Gasteiger partial charge >= 0.3 is 11.9 Å². The third-order valence-corrected chi connectivity index (χ3v) is 5.84. The zero-order valence-electron chi connectivity index (χ0n) is 16.3. The van der Waals surface area contributed by atoms with Gasteiger partial charge in [-0.2, -0.15) is 0 Å². The summed E-state index contributed by atoms with van der Waals surface area (Å²) < 4.78 is 1.61. The summed E-state index contributed by atoms with van der Waals surface area (Å²) in [6, 6.07) is 10.9. The average molecular weight is 448 g/mol. The van der Waals surface area contributed by atoms with Crippen LogP contribution in [0.4, 0.5) is 0 Å². The van der Waals surface area contributed by atoms with Crippen molar-refractivity contribution in [3.05, 3.63) is 69.3 Å². The number of aromatic nitrogens is 1. The predicted molar refractivity (Wildman–Crippen MR) is 115 cm³/mol. The van der Waals surface area contributed by atoms with Crippen LogP contribution in [0.25, 0.3) is 10.9 Å². The van der Waals surface area contributed by atoms with Crippen LogP contribution in [0.5, 0.6) is 0 Å². The molecular weight excluding hydrogens is 429 g/mol. The van der Waals surface area contributed by atoms with Crippen molar-refractivity contribution in [3.63, 3.8) is 0 Å². The lowest BCUT2D eigenvalue weighted by Crippen LogP contribution is -2.44. The van der Waals surface area contributed by atoms with E-state index in [0.29, 0.717) is 27.5 Å². The molecule has 6 nitrogen and oxygen atoms in total. The molecule has 0 amide bonds. The van der Waals surface area contributed by atoms with E-state index in [-0.39, 0.29) is 23.2 Å². The molecule has 0 bridgehead atoms. The lowest BCUT2D eigenvalue weighted by Gasteiger charge is -2.25. The summed E-state index contributed by atoms with van der Waals surface area (Å²) in [6.07, 6.45) is -0.246. The number of hydrogen-bond acceptors (Lipinski definition) is 3. The van der Waals surface area contributed by atoms with E-state index in [1.807, 2.05) is 0 Å². The first-order valence-electron chi connectivity index (χ1n) is 9.28. The van der Waals surface area contributed by atoms with E-state index < -0.39 is 23.1 Å². The Morgan fingerprint density at radius 1 is 0.933 bits per heavy atom. The number of ketones is 1. The number of aryl methyl sites for hydroxylation is 1. The Bertz CT molecular complexity index is 1150. The largest absolute Gasteiger partial charge is 0.480 e. The summed E-state index contributed by atoms with van der Waals surface area (Å²) in [6.45, 7) is 3.58. The fraction of sp³-hybridized carbons (Fsp3) is 0.227. The zero-order valence-corrected chi connectivity index (χ0v) is 17.8. The Morgan fingerprint density at radius 3 is 2.00 bits per heavy atom. The van der Waals surface area contributed by atoms with Crippen LogP contribution in [-0.4, -0.2) is 32.5 Å². The highest BCUT2D eigenvalue weighted by Gasteiger charge is 2.51. The molecule has 3 rings (SSSR count). The van der Waals surface area contributed by atoms with E-state index >= 15 is 0 Å². The summed E-state index contributed by atoms with van der Waals surface area (Å²) in [7, 11) is 0. The standard InChI is InChI=1S/C22H19Cl2NO5/c1-3-22(20(27)28,21(29)30)17-15-10-9-14(24)11-16(15)25(4-2)18(17)19(26)12-5-7-13(23)8-6-12/h5-11H,3-4H2,1-2H3,(H,27,28)(H,29,30). The minimum atomic E-state index is -2.30. The van der Waals surface area contributed by atoms with Gasteiger partial charge in [0.25, 0.3) is 0 Å². The van der Waals surface area contributed by atoms with E-state index in [9.17, 15) is 24.6 Å². The molecule has 0 atom stereocenters. The molecule has 30 heavy (non-hydrogen) atoms. The van der Waals surface area contributed by atoms with Gasteiger partial charge in [-0.05, 0) is 49.7 Å². The Labute approximate surface area is 182 Å². The normalized spacial score (nSPS) is 11.6. The number of benzene rings is 2. The monoisotopic (exact) mass is 447 g/mol. The number of nitrogens with zero attached hydrogens (tertiary/aromatic N) is 1. The summed E-state index contributed by atoms with van der Waals surface area (Å²) >= 11 is 12.1. The van der Waals surface area contributed by atoms with Crippen LogP contribution in [0.3, 0.4) is 0 Å². The highest BCUT2D eigenvalue weighted by Crippen LogP contribution is 2.41. The predicted octanol–water partition coefficient (Wildman–Crippen LogP) is 5.02. The molecule has 2 N–H and O–H groups in total. The van der Waals surface area contributed by atoms with Gasteiger partial charge in [0, 0.05) is 33.1 Å². The lowest BCUT2D eigenvalue weighted by molar-refractivity contribution is -0.157. The molecule has 0 saturated heterocycles. The van der Waals surface area contributed by atoms with Gasteiger partial charge in [0.15, 0.2) is 5.41 Å². The van der Waals surface area contributed by atoms with Crippen molar-refractivity contribution in [2.24, 2.45) is 0 Å². The summed E-state index contributed by atoms with van der Waals surface area (Å²) in [5.74, 6) is -3.56. The number of carbonyl (C=O) groups excluding carboxylic acids is 1. The molecule has 0 radical (unpaired) electrons. The molecule has 0 spiro atoms. The SMILES string of the molecule is CCn1c(C(=O)c2ccc(Cl)cc2)c(C(CC)(C(=O)O)C(=O)O)c2ccc(Cl)cc21. The van der Waals surface area contributed by atoms with Crippen molar-refractivity contribution in [1.29, 1.82) is 0 Å². The maximum atomic E-state index is 13.5. The van der Waals surface area contributed by atoms with Crippen molar-refractivity contribution >= 4 is 51.8 Å². The van der Waals surface area contributed by atoms with Crippen LogP contribution in [0, 0.1) is 0 Å². The van der Waals surface area contributed by atoms with Crippen LogP contribution in [-0.2, 0) is 21.5 Å². The van der Waals surface area contributed by atoms with Gasteiger partial charge < -0.3 is 14.8 Å². The van der Waals surface area contributed by atoms with Crippen molar-refractivity contribution < 1.29 is 24.6 Å². The Morgan fingerprint density at radius 2 is 1.50 bits per heavy atom. The van der Waals surface area contributed by atoms with Gasteiger partial charge in [0.2, 0.25) is 5.78 Å². The van der Waals surface area contributed by atoms with Gasteiger partial charge in [0.05, 0.1) is 11.2 Å². The number of carboxylic acid groups (broad SMARTS) is 2. The zero-order chi connectivity index (χ0) is 22.2. The number of carboxylic acids is 2. The van der Waals surface area contributed by atoms with Gasteiger partial charge in [0.1, 0.15) is 0 Å². The summed E-state index contributed by atoms with van der Waals surface area (Å²) in [5.41, 5.74) is -1.56. The van der Waals surface area contributed by atoms with Gasteiger partial charge in [-0.3, -0.25) is 14.4 Å². The topological polar surface area (TPSA) is 96.6 Å². The van der Waals surface area contributed by atoms with Crippen molar-refractivity contribution in [3.8, 4) is 0 Å². The number of fused-ring (bicyclic) bond motifs is 1. The molecule has 1 heterocycles. The maximum Gasteiger partial charge on any atom is 0.325 e. The Balaban J connectivity index is 2.50. The number of aliphatic carboxylic acids is 2. The number of carbonyl (C=O) groups is 3. The van der Waals surface area contributed by atoms with Gasteiger partial charge in [-0.1, -0.05) is 36.2 Å². The number of hydrogen-bond donors (Lipinski definition) is 2. The highest BCUT2D eigenvalue weighted by atomic mass is 35.5. The van der Waals surface area contributed by atoms with Crippen molar-refractivity contribution in [1.82, 2.24) is 4.57 Å². The second-order valence-electron chi connectivity index (χ2n) is 6.83. The third-order valence-electron chi connectivity index (χ3n) is 5.35. The molecule has 8 heteroatoms. The number of halogens is 2. The quantitative estimate of drug-likeness (QED) is 0.391. The Kier molecular flexibility index (Phi) is 5.92. The van der Waals surface area contributed by atoms with Crippen molar-refractivity contribution in [2.75, 3.05) is 0 Å². The van der Waals surface area contributed by atoms with E-state index in [4.69, 9.17) is 23.2 Å². The molecule has 0 unspecified atom stereocenters. The van der Waals surface area contributed by atoms with Gasteiger partial charge in [-0.25, -0.2) is 0 Å². The molecule has 0 fully saturated rings. The van der Waals surface area contributed by atoms with Crippen LogP contribution in [0.2, 0.25) is 10.0 Å². The molecular formula is C22H19Cl2NO5. The second-order valence-corrected chi connectivity index (χ2v) is 7.71. The molecule has 3 aromatic rings. The fourth-order valence-electron chi connectivity index (χ4n) is 3.84. The van der Waals surface area contributed by atoms with Crippen LogP contribution >= 0.6 is 23.2 Å². The Hall–Kier alpha value is -2.83. The van der Waals surface area contributed by atoms with E-state index in [2.05, 4.69) is 0 Å². The van der Waals surface area contributed by atoms with Crippen LogP contribution < -0.4 is 0 Å². The van der Waals surface area contributed by atoms with E-state index in [0.717, 1.165) is 0 Å². The number of rotatable bonds is 7. The minimum absolute atomic E-state index is 0.0174. The van der Waals surface area contributed by atoms with Gasteiger partial charge in [-0.15, -0.1) is 0 Å².